The average molecular weight is 287 g/mol. The van der Waals surface area contributed by atoms with Gasteiger partial charge in [0, 0.05) is 18.3 Å². The average Bonchev–Trinajstić information content (AvgIpc) is 3.19. The van der Waals surface area contributed by atoms with Gasteiger partial charge in [0.25, 0.3) is 0 Å². The molecule has 0 radical (unpaired) electrons. The number of pyridine rings is 1. The Bertz CT molecular complexity index is 455. The molecule has 0 aromatic carbocycles. The molecule has 0 atom stereocenters. The minimum Gasteiger partial charge on any atom is -0.345 e. The fourth-order valence-corrected chi connectivity index (χ4v) is 2.24. The number of aromatic nitrogens is 1. The molecule has 1 aliphatic rings. The zero-order valence-corrected chi connectivity index (χ0v) is 11.8. The first-order valence-electron chi connectivity index (χ1n) is 6.90. The van der Waals surface area contributed by atoms with Crippen molar-refractivity contribution in [3.8, 4) is 0 Å². The van der Waals surface area contributed by atoms with E-state index in [1.807, 2.05) is 20.0 Å². The lowest BCUT2D eigenvalue weighted by molar-refractivity contribution is -0.120. The van der Waals surface area contributed by atoms with Crippen LogP contribution in [0.2, 0.25) is 0 Å². The number of nitrogens with one attached hydrogen (secondary N) is 1. The zero-order valence-electron chi connectivity index (χ0n) is 11.8. The van der Waals surface area contributed by atoms with Crippen LogP contribution in [0, 0.1) is 0 Å². The van der Waals surface area contributed by atoms with Crippen LogP contribution in [0.1, 0.15) is 31.0 Å². The van der Waals surface area contributed by atoms with Crippen molar-refractivity contribution in [3.63, 3.8) is 0 Å². The van der Waals surface area contributed by atoms with Crippen LogP contribution >= 0.6 is 0 Å². The van der Waals surface area contributed by atoms with Crippen LogP contribution in [-0.2, 0) is 13.0 Å². The number of anilines is 1. The predicted octanol–water partition coefficient (Wildman–Crippen LogP) is 2.89. The lowest BCUT2D eigenvalue weighted by Gasteiger charge is -2.25. The Morgan fingerprint density at radius 3 is 2.55 bits per heavy atom. The Morgan fingerprint density at radius 2 is 2.05 bits per heavy atom. The summed E-state index contributed by atoms with van der Waals surface area (Å²) in [6, 6.07) is 3.69. The number of nitrogens with zero attached hydrogens (tertiary/aromatic N) is 2. The van der Waals surface area contributed by atoms with E-state index >= 15 is 0 Å². The van der Waals surface area contributed by atoms with Gasteiger partial charge in [-0.15, -0.1) is 0 Å². The minimum absolute atomic E-state index is 0.0151. The maximum absolute atomic E-state index is 12.7. The lowest BCUT2D eigenvalue weighted by atomic mass is 10.2. The third-order valence-corrected chi connectivity index (χ3v) is 3.30. The van der Waals surface area contributed by atoms with Gasteiger partial charge in [0.2, 0.25) is 0 Å². The summed E-state index contributed by atoms with van der Waals surface area (Å²) in [7, 11) is 1.82. The predicted molar refractivity (Wildman–Crippen MR) is 72.8 cm³/mol. The van der Waals surface area contributed by atoms with Crippen LogP contribution in [-0.4, -0.2) is 30.8 Å². The zero-order chi connectivity index (χ0) is 14.8. The van der Waals surface area contributed by atoms with Crippen LogP contribution in [0.15, 0.2) is 12.1 Å². The van der Waals surface area contributed by atoms with Crippen molar-refractivity contribution >= 4 is 5.82 Å². The summed E-state index contributed by atoms with van der Waals surface area (Å²) >= 11 is 0. The van der Waals surface area contributed by atoms with Gasteiger partial charge >= 0.3 is 6.18 Å². The first-order valence-corrected chi connectivity index (χ1v) is 6.90. The number of rotatable bonds is 6. The van der Waals surface area contributed by atoms with Gasteiger partial charge in [-0.2, -0.15) is 13.2 Å². The molecule has 1 saturated carbocycles. The molecule has 1 heterocycles. The summed E-state index contributed by atoms with van der Waals surface area (Å²) in [6.45, 7) is 1.67. The van der Waals surface area contributed by atoms with Gasteiger partial charge in [0.15, 0.2) is 0 Å². The second kappa shape index (κ2) is 5.99. The van der Waals surface area contributed by atoms with Crippen LogP contribution in [0.25, 0.3) is 0 Å². The SMILES string of the molecule is CCc1cc(CNC)cc(N(CC(F)(F)F)C2CC2)n1. The molecule has 1 aromatic heterocycles. The molecule has 0 amide bonds. The highest BCUT2D eigenvalue weighted by Gasteiger charge is 2.38. The lowest BCUT2D eigenvalue weighted by Crippen LogP contribution is -2.36. The van der Waals surface area contributed by atoms with Crippen molar-refractivity contribution in [2.24, 2.45) is 0 Å². The molecule has 1 N–H and O–H groups in total. The Morgan fingerprint density at radius 1 is 1.35 bits per heavy atom. The van der Waals surface area contributed by atoms with Crippen LogP contribution in [0.4, 0.5) is 19.0 Å². The van der Waals surface area contributed by atoms with Gasteiger partial charge in [-0.25, -0.2) is 4.98 Å². The summed E-state index contributed by atoms with van der Waals surface area (Å²) in [5, 5.41) is 3.03. The van der Waals surface area contributed by atoms with E-state index in [2.05, 4.69) is 10.3 Å². The fourth-order valence-electron chi connectivity index (χ4n) is 2.24. The number of hydrogen-bond donors (Lipinski definition) is 1. The van der Waals surface area contributed by atoms with E-state index in [9.17, 15) is 13.2 Å². The Hall–Kier alpha value is -1.30. The molecule has 1 aliphatic carbocycles. The number of halogens is 3. The molecule has 3 nitrogen and oxygen atoms in total. The van der Waals surface area contributed by atoms with E-state index in [0.717, 1.165) is 30.5 Å². The number of alkyl halides is 3. The second-order valence-corrected chi connectivity index (χ2v) is 5.18. The largest absolute Gasteiger partial charge is 0.405 e. The summed E-state index contributed by atoms with van der Waals surface area (Å²) in [5.74, 6) is 0.453. The third kappa shape index (κ3) is 4.10. The number of aryl methyl sites for hydroxylation is 1. The summed E-state index contributed by atoms with van der Waals surface area (Å²) in [4.78, 5) is 5.78. The van der Waals surface area contributed by atoms with E-state index in [1.165, 1.54) is 4.90 Å². The van der Waals surface area contributed by atoms with Gasteiger partial charge in [-0.3, -0.25) is 0 Å². The molecule has 1 fully saturated rings. The van der Waals surface area contributed by atoms with Gasteiger partial charge < -0.3 is 10.2 Å². The number of hydrogen-bond acceptors (Lipinski definition) is 3. The highest BCUT2D eigenvalue weighted by Crippen LogP contribution is 2.34. The van der Waals surface area contributed by atoms with Crippen LogP contribution in [0.5, 0.6) is 0 Å². The highest BCUT2D eigenvalue weighted by molar-refractivity contribution is 5.45. The van der Waals surface area contributed by atoms with Crippen LogP contribution < -0.4 is 10.2 Å². The molecule has 0 aliphatic heterocycles. The summed E-state index contributed by atoms with van der Waals surface area (Å²) in [5.41, 5.74) is 1.81. The van der Waals surface area contributed by atoms with Crippen molar-refractivity contribution in [1.29, 1.82) is 0 Å². The molecular weight excluding hydrogens is 267 g/mol. The van der Waals surface area contributed by atoms with E-state index in [0.29, 0.717) is 12.4 Å². The van der Waals surface area contributed by atoms with E-state index in [-0.39, 0.29) is 6.04 Å². The molecular formula is C14H20F3N3. The standard InChI is InChI=1S/C14H20F3N3/c1-3-11-6-10(8-18-2)7-13(19-11)20(12-4-5-12)9-14(15,16)17/h6-7,12,18H,3-5,8-9H2,1-2H3. The quantitative estimate of drug-likeness (QED) is 0.872. The smallest absolute Gasteiger partial charge is 0.345 e. The normalized spacial score (nSPS) is 15.4. The molecule has 6 heteroatoms. The maximum Gasteiger partial charge on any atom is 0.405 e. The summed E-state index contributed by atoms with van der Waals surface area (Å²) in [6.07, 6.45) is -1.85. The highest BCUT2D eigenvalue weighted by atomic mass is 19.4. The first-order chi connectivity index (χ1) is 9.43. The fraction of sp³-hybridized carbons (Fsp3) is 0.643. The third-order valence-electron chi connectivity index (χ3n) is 3.30. The van der Waals surface area contributed by atoms with E-state index in [4.69, 9.17) is 0 Å². The molecule has 112 valence electrons. The minimum atomic E-state index is -4.20. The van der Waals surface area contributed by atoms with Crippen molar-refractivity contribution in [2.45, 2.75) is 44.9 Å². The topological polar surface area (TPSA) is 28.2 Å². The van der Waals surface area contributed by atoms with Gasteiger partial charge in [-0.1, -0.05) is 6.92 Å². The monoisotopic (exact) mass is 287 g/mol. The molecule has 20 heavy (non-hydrogen) atoms. The van der Waals surface area contributed by atoms with Crippen molar-refractivity contribution in [1.82, 2.24) is 10.3 Å². The molecule has 2 rings (SSSR count). The van der Waals surface area contributed by atoms with Crippen molar-refractivity contribution in [3.05, 3.63) is 23.4 Å². The Labute approximate surface area is 117 Å². The molecule has 0 bridgehead atoms. The van der Waals surface area contributed by atoms with Gasteiger partial charge in [0.1, 0.15) is 12.4 Å². The second-order valence-electron chi connectivity index (χ2n) is 5.18. The molecule has 1 aromatic rings. The van der Waals surface area contributed by atoms with Crippen molar-refractivity contribution in [2.75, 3.05) is 18.5 Å². The maximum atomic E-state index is 12.7. The Balaban J connectivity index is 2.29. The van der Waals surface area contributed by atoms with Crippen LogP contribution in [0.3, 0.4) is 0 Å². The molecule has 0 unspecified atom stereocenters. The van der Waals surface area contributed by atoms with E-state index < -0.39 is 12.7 Å². The van der Waals surface area contributed by atoms with Crippen molar-refractivity contribution < 1.29 is 13.2 Å². The Kier molecular flexibility index (Phi) is 4.52. The van der Waals surface area contributed by atoms with Gasteiger partial charge in [0.05, 0.1) is 0 Å². The summed E-state index contributed by atoms with van der Waals surface area (Å²) < 4.78 is 38.2. The molecule has 0 spiro atoms. The van der Waals surface area contributed by atoms with Gasteiger partial charge in [-0.05, 0) is 44.0 Å². The molecule has 0 saturated heterocycles. The van der Waals surface area contributed by atoms with E-state index in [1.54, 1.807) is 6.07 Å². The first kappa shape index (κ1) is 15.1.